The van der Waals surface area contributed by atoms with Crippen molar-refractivity contribution in [2.24, 2.45) is 11.8 Å². The highest BCUT2D eigenvalue weighted by atomic mass is 35.5. The predicted molar refractivity (Wildman–Crippen MR) is 78.0 cm³/mol. The minimum absolute atomic E-state index is 0. The average Bonchev–Trinajstić information content (AvgIpc) is 2.89. The van der Waals surface area contributed by atoms with Crippen LogP contribution in [0.3, 0.4) is 0 Å². The second kappa shape index (κ2) is 7.02. The number of pyridine rings is 1. The Labute approximate surface area is 124 Å². The third-order valence-corrected chi connectivity index (χ3v) is 4.07. The van der Waals surface area contributed by atoms with E-state index in [1.165, 1.54) is 6.42 Å². The maximum atomic E-state index is 11.9. The van der Waals surface area contributed by atoms with Crippen molar-refractivity contribution >= 4 is 18.3 Å². The Kier molecular flexibility index (Phi) is 5.34. The van der Waals surface area contributed by atoms with Gasteiger partial charge in [-0.2, -0.15) is 0 Å². The van der Waals surface area contributed by atoms with Crippen molar-refractivity contribution in [3.63, 3.8) is 0 Å². The molecule has 3 atom stereocenters. The fourth-order valence-corrected chi connectivity index (χ4v) is 2.95. The van der Waals surface area contributed by atoms with Crippen LogP contribution in [-0.4, -0.2) is 43.2 Å². The van der Waals surface area contributed by atoms with E-state index < -0.39 is 0 Å². The molecule has 1 amide bonds. The molecule has 5 nitrogen and oxygen atoms in total. The summed E-state index contributed by atoms with van der Waals surface area (Å²) in [5.41, 5.74) is 0.596. The fourth-order valence-electron chi connectivity index (χ4n) is 2.95. The van der Waals surface area contributed by atoms with Crippen molar-refractivity contribution in [1.29, 1.82) is 0 Å². The normalized spacial score (nSPS) is 28.3. The van der Waals surface area contributed by atoms with Crippen molar-refractivity contribution in [3.8, 4) is 0 Å². The van der Waals surface area contributed by atoms with E-state index in [1.807, 2.05) is 0 Å². The van der Waals surface area contributed by atoms with Crippen molar-refractivity contribution in [3.05, 3.63) is 30.1 Å². The van der Waals surface area contributed by atoms with Crippen LogP contribution in [0.1, 0.15) is 16.8 Å². The van der Waals surface area contributed by atoms with Crippen LogP contribution < -0.4 is 10.6 Å². The topological polar surface area (TPSA) is 63.2 Å². The highest BCUT2D eigenvalue weighted by Crippen LogP contribution is 2.30. The molecule has 2 N–H and O–H groups in total. The highest BCUT2D eigenvalue weighted by Gasteiger charge is 2.38. The van der Waals surface area contributed by atoms with E-state index >= 15 is 0 Å². The summed E-state index contributed by atoms with van der Waals surface area (Å²) in [6.07, 6.45) is 4.56. The van der Waals surface area contributed by atoms with Gasteiger partial charge in [-0.05, 0) is 31.0 Å². The lowest BCUT2D eigenvalue weighted by atomic mass is 9.85. The Hall–Kier alpha value is -1.17. The van der Waals surface area contributed by atoms with Gasteiger partial charge in [0.1, 0.15) is 0 Å². The zero-order chi connectivity index (χ0) is 13.1. The molecule has 0 unspecified atom stereocenters. The first-order chi connectivity index (χ1) is 9.34. The third-order valence-electron chi connectivity index (χ3n) is 4.07. The van der Waals surface area contributed by atoms with Crippen LogP contribution in [0.4, 0.5) is 0 Å². The summed E-state index contributed by atoms with van der Waals surface area (Å²) in [4.78, 5) is 15.9. The molecule has 1 aromatic heterocycles. The number of carbonyl (C=O) groups excluding carboxylic acids is 1. The van der Waals surface area contributed by atoms with E-state index in [1.54, 1.807) is 24.5 Å². The predicted octanol–water partition coefficient (Wildman–Crippen LogP) is 0.858. The zero-order valence-corrected chi connectivity index (χ0v) is 12.1. The number of fused-ring (bicyclic) bond motifs is 1. The molecule has 3 rings (SSSR count). The van der Waals surface area contributed by atoms with Gasteiger partial charge in [-0.15, -0.1) is 12.4 Å². The van der Waals surface area contributed by atoms with Crippen molar-refractivity contribution in [2.45, 2.75) is 12.5 Å². The number of nitrogens with one attached hydrogen (secondary N) is 2. The molecule has 110 valence electrons. The SMILES string of the molecule is Cl.O=C(NC[C@H]1OC[C@@H]2CCNC[C@@H]21)c1cccnc1. The summed E-state index contributed by atoms with van der Waals surface area (Å²) >= 11 is 0. The average molecular weight is 298 g/mol. The van der Waals surface area contributed by atoms with Crippen LogP contribution in [0.5, 0.6) is 0 Å². The Morgan fingerprint density at radius 1 is 1.55 bits per heavy atom. The Morgan fingerprint density at radius 3 is 3.25 bits per heavy atom. The summed E-state index contributed by atoms with van der Waals surface area (Å²) in [5, 5.41) is 6.34. The summed E-state index contributed by atoms with van der Waals surface area (Å²) < 4.78 is 5.82. The molecule has 0 bridgehead atoms. The van der Waals surface area contributed by atoms with Gasteiger partial charge < -0.3 is 15.4 Å². The molecule has 0 radical (unpaired) electrons. The van der Waals surface area contributed by atoms with Crippen LogP contribution >= 0.6 is 12.4 Å². The van der Waals surface area contributed by atoms with E-state index in [0.29, 0.717) is 23.9 Å². The number of carbonyl (C=O) groups is 1. The molecule has 2 aliphatic rings. The number of nitrogens with zero attached hydrogens (tertiary/aromatic N) is 1. The van der Waals surface area contributed by atoms with Crippen molar-refractivity contribution in [1.82, 2.24) is 15.6 Å². The summed E-state index contributed by atoms with van der Waals surface area (Å²) in [6.45, 7) is 3.49. The van der Waals surface area contributed by atoms with Gasteiger partial charge >= 0.3 is 0 Å². The maximum Gasteiger partial charge on any atom is 0.252 e. The second-order valence-corrected chi connectivity index (χ2v) is 5.24. The van der Waals surface area contributed by atoms with E-state index in [-0.39, 0.29) is 24.4 Å². The van der Waals surface area contributed by atoms with Gasteiger partial charge in [0.25, 0.3) is 5.91 Å². The molecule has 2 aliphatic heterocycles. The molecule has 2 fully saturated rings. The van der Waals surface area contributed by atoms with Gasteiger partial charge in [-0.1, -0.05) is 0 Å². The molecule has 6 heteroatoms. The Bertz CT molecular complexity index is 443. The zero-order valence-electron chi connectivity index (χ0n) is 11.2. The van der Waals surface area contributed by atoms with Crippen LogP contribution in [0.25, 0.3) is 0 Å². The van der Waals surface area contributed by atoms with Crippen molar-refractivity contribution < 1.29 is 9.53 Å². The molecule has 0 aromatic carbocycles. The number of hydrogen-bond donors (Lipinski definition) is 2. The number of halogens is 1. The van der Waals surface area contributed by atoms with Gasteiger partial charge in [0.05, 0.1) is 18.3 Å². The lowest BCUT2D eigenvalue weighted by molar-refractivity contribution is 0.0776. The smallest absolute Gasteiger partial charge is 0.252 e. The molecule has 0 aliphatic carbocycles. The number of piperidine rings is 1. The largest absolute Gasteiger partial charge is 0.376 e. The first-order valence-corrected chi connectivity index (χ1v) is 6.85. The van der Waals surface area contributed by atoms with Crippen LogP contribution in [0.2, 0.25) is 0 Å². The molecule has 0 spiro atoms. The van der Waals surface area contributed by atoms with Gasteiger partial charge in [-0.25, -0.2) is 0 Å². The molecule has 1 aromatic rings. The molecule has 3 heterocycles. The fraction of sp³-hybridized carbons (Fsp3) is 0.571. The van der Waals surface area contributed by atoms with Crippen molar-refractivity contribution in [2.75, 3.05) is 26.2 Å². The van der Waals surface area contributed by atoms with E-state index in [2.05, 4.69) is 15.6 Å². The highest BCUT2D eigenvalue weighted by molar-refractivity contribution is 5.93. The van der Waals surface area contributed by atoms with Gasteiger partial charge in [0.15, 0.2) is 0 Å². The van der Waals surface area contributed by atoms with E-state index in [4.69, 9.17) is 4.74 Å². The molecular formula is C14H20ClN3O2. The number of amides is 1. The van der Waals surface area contributed by atoms with Crippen LogP contribution in [0, 0.1) is 11.8 Å². The molecule has 20 heavy (non-hydrogen) atoms. The molecular weight excluding hydrogens is 278 g/mol. The molecule has 0 saturated carbocycles. The van der Waals surface area contributed by atoms with E-state index in [0.717, 1.165) is 19.7 Å². The lowest BCUT2D eigenvalue weighted by Gasteiger charge is -2.27. The quantitative estimate of drug-likeness (QED) is 0.868. The Morgan fingerprint density at radius 2 is 2.45 bits per heavy atom. The summed E-state index contributed by atoms with van der Waals surface area (Å²) in [5.74, 6) is 1.11. The maximum absolute atomic E-state index is 11.9. The monoisotopic (exact) mass is 297 g/mol. The number of ether oxygens (including phenoxy) is 1. The lowest BCUT2D eigenvalue weighted by Crippen LogP contribution is -2.43. The summed E-state index contributed by atoms with van der Waals surface area (Å²) in [7, 11) is 0. The van der Waals surface area contributed by atoms with Gasteiger partial charge in [-0.3, -0.25) is 9.78 Å². The third kappa shape index (κ3) is 3.29. The molecule has 2 saturated heterocycles. The second-order valence-electron chi connectivity index (χ2n) is 5.24. The van der Waals surface area contributed by atoms with Gasteiger partial charge in [0, 0.05) is 31.4 Å². The first-order valence-electron chi connectivity index (χ1n) is 6.85. The minimum atomic E-state index is -0.0797. The summed E-state index contributed by atoms with van der Waals surface area (Å²) in [6, 6.07) is 3.53. The number of hydrogen-bond acceptors (Lipinski definition) is 4. The first kappa shape index (κ1) is 15.2. The number of rotatable bonds is 3. The van der Waals surface area contributed by atoms with Crippen LogP contribution in [-0.2, 0) is 4.74 Å². The Balaban J connectivity index is 0.00000147. The standard InChI is InChI=1S/C14H19N3O2.ClH/c18-14(10-2-1-4-15-6-10)17-8-13-12-7-16-5-3-11(12)9-19-13;/h1-2,4,6,11-13,16H,3,5,7-9H2,(H,17,18);1H/t11-,12-,13+;/m0./s1. The van der Waals surface area contributed by atoms with Crippen LogP contribution in [0.15, 0.2) is 24.5 Å². The minimum Gasteiger partial charge on any atom is -0.376 e. The van der Waals surface area contributed by atoms with E-state index in [9.17, 15) is 4.79 Å². The van der Waals surface area contributed by atoms with Gasteiger partial charge in [0.2, 0.25) is 0 Å². The number of aromatic nitrogens is 1.